The maximum atomic E-state index is 12.1. The standard InChI is InChI=1S/C17H26N2O4/c1-13-3-4-14(16(9-13)23-8-7-21-2)11-19-17(20)10-15-12-22-6-5-18-15/h3-4,9,15,18H,5-8,10-12H2,1-2H3,(H,19,20). The summed E-state index contributed by atoms with van der Waals surface area (Å²) in [6.07, 6.45) is 0.422. The monoisotopic (exact) mass is 322 g/mol. The number of carbonyl (C=O) groups is 1. The highest BCUT2D eigenvalue weighted by Gasteiger charge is 2.17. The highest BCUT2D eigenvalue weighted by atomic mass is 16.5. The normalized spacial score (nSPS) is 17.7. The molecule has 1 atom stereocenters. The Morgan fingerprint density at radius 1 is 1.43 bits per heavy atom. The van der Waals surface area contributed by atoms with E-state index >= 15 is 0 Å². The number of hydrogen-bond donors (Lipinski definition) is 2. The molecule has 0 aromatic heterocycles. The summed E-state index contributed by atoms with van der Waals surface area (Å²) in [5, 5.41) is 6.23. The van der Waals surface area contributed by atoms with Crippen LogP contribution in [0.1, 0.15) is 17.5 Å². The molecule has 1 saturated heterocycles. The number of aryl methyl sites for hydroxylation is 1. The molecule has 6 heteroatoms. The molecule has 2 N–H and O–H groups in total. The Morgan fingerprint density at radius 3 is 3.04 bits per heavy atom. The fourth-order valence-electron chi connectivity index (χ4n) is 2.42. The van der Waals surface area contributed by atoms with Crippen LogP contribution in [0.2, 0.25) is 0 Å². The van der Waals surface area contributed by atoms with Gasteiger partial charge in [0.15, 0.2) is 0 Å². The third kappa shape index (κ3) is 6.17. The summed E-state index contributed by atoms with van der Waals surface area (Å²) in [7, 11) is 1.64. The molecule has 1 unspecified atom stereocenters. The number of morpholine rings is 1. The minimum absolute atomic E-state index is 0.0106. The van der Waals surface area contributed by atoms with Crippen molar-refractivity contribution in [3.05, 3.63) is 29.3 Å². The number of hydrogen-bond acceptors (Lipinski definition) is 5. The first-order chi connectivity index (χ1) is 11.2. The van der Waals surface area contributed by atoms with Crippen molar-refractivity contribution >= 4 is 5.91 Å². The number of benzene rings is 1. The molecule has 0 radical (unpaired) electrons. The van der Waals surface area contributed by atoms with E-state index in [1.54, 1.807) is 7.11 Å². The van der Waals surface area contributed by atoms with Crippen molar-refractivity contribution in [1.82, 2.24) is 10.6 Å². The van der Waals surface area contributed by atoms with Gasteiger partial charge in [0.1, 0.15) is 12.4 Å². The van der Waals surface area contributed by atoms with Crippen LogP contribution in [0.5, 0.6) is 5.75 Å². The zero-order valence-corrected chi connectivity index (χ0v) is 13.9. The van der Waals surface area contributed by atoms with Gasteiger partial charge >= 0.3 is 0 Å². The number of amides is 1. The maximum absolute atomic E-state index is 12.1. The Bertz CT molecular complexity index is 501. The van der Waals surface area contributed by atoms with Crippen molar-refractivity contribution in [2.75, 3.05) is 40.1 Å². The zero-order chi connectivity index (χ0) is 16.5. The minimum atomic E-state index is 0.0106. The Hall–Kier alpha value is -1.63. The van der Waals surface area contributed by atoms with E-state index < -0.39 is 0 Å². The molecule has 1 aromatic carbocycles. The second kappa shape index (κ2) is 9.50. The van der Waals surface area contributed by atoms with Gasteiger partial charge in [0, 0.05) is 38.2 Å². The van der Waals surface area contributed by atoms with Gasteiger partial charge in [-0.2, -0.15) is 0 Å². The topological polar surface area (TPSA) is 68.8 Å². The number of rotatable bonds is 8. The summed E-state index contributed by atoms with van der Waals surface area (Å²) >= 11 is 0. The molecule has 0 aliphatic carbocycles. The molecule has 1 aromatic rings. The van der Waals surface area contributed by atoms with E-state index in [0.717, 1.165) is 23.4 Å². The van der Waals surface area contributed by atoms with Crippen LogP contribution in [-0.2, 0) is 20.8 Å². The summed E-state index contributed by atoms with van der Waals surface area (Å²) in [6.45, 7) is 5.59. The van der Waals surface area contributed by atoms with Gasteiger partial charge in [0.25, 0.3) is 0 Å². The fraction of sp³-hybridized carbons (Fsp3) is 0.588. The Labute approximate surface area is 137 Å². The van der Waals surface area contributed by atoms with Gasteiger partial charge in [-0.3, -0.25) is 4.79 Å². The lowest BCUT2D eigenvalue weighted by Gasteiger charge is -2.23. The van der Waals surface area contributed by atoms with Gasteiger partial charge < -0.3 is 24.8 Å². The van der Waals surface area contributed by atoms with Crippen molar-refractivity contribution in [2.45, 2.75) is 25.9 Å². The molecule has 6 nitrogen and oxygen atoms in total. The van der Waals surface area contributed by atoms with E-state index in [9.17, 15) is 4.79 Å². The summed E-state index contributed by atoms with van der Waals surface area (Å²) in [5.41, 5.74) is 2.09. The van der Waals surface area contributed by atoms with Crippen LogP contribution in [0.15, 0.2) is 18.2 Å². The molecule has 2 rings (SSSR count). The lowest BCUT2D eigenvalue weighted by Crippen LogP contribution is -2.44. The quantitative estimate of drug-likeness (QED) is 0.699. The van der Waals surface area contributed by atoms with Crippen molar-refractivity contribution in [3.63, 3.8) is 0 Å². The van der Waals surface area contributed by atoms with Crippen molar-refractivity contribution < 1.29 is 19.0 Å². The Balaban J connectivity index is 1.84. The highest BCUT2D eigenvalue weighted by Crippen LogP contribution is 2.20. The summed E-state index contributed by atoms with van der Waals surface area (Å²) in [4.78, 5) is 12.1. The molecular weight excluding hydrogens is 296 g/mol. The average molecular weight is 322 g/mol. The molecule has 1 aliphatic heterocycles. The number of ether oxygens (including phenoxy) is 3. The minimum Gasteiger partial charge on any atom is -0.491 e. The first-order valence-corrected chi connectivity index (χ1v) is 7.98. The molecule has 1 amide bonds. The van der Waals surface area contributed by atoms with E-state index in [4.69, 9.17) is 14.2 Å². The lowest BCUT2D eigenvalue weighted by atomic mass is 10.1. The molecule has 0 spiro atoms. The van der Waals surface area contributed by atoms with Gasteiger partial charge in [-0.25, -0.2) is 0 Å². The smallest absolute Gasteiger partial charge is 0.221 e. The second-order valence-electron chi connectivity index (χ2n) is 5.66. The number of nitrogens with one attached hydrogen (secondary N) is 2. The fourth-order valence-corrected chi connectivity index (χ4v) is 2.42. The predicted octanol–water partition coefficient (Wildman–Crippen LogP) is 1.01. The molecule has 0 bridgehead atoms. The third-order valence-corrected chi connectivity index (χ3v) is 3.67. The zero-order valence-electron chi connectivity index (χ0n) is 13.9. The van der Waals surface area contributed by atoms with E-state index in [-0.39, 0.29) is 11.9 Å². The molecule has 0 saturated carbocycles. The van der Waals surface area contributed by atoms with E-state index in [2.05, 4.69) is 10.6 Å². The maximum Gasteiger partial charge on any atom is 0.221 e. The van der Waals surface area contributed by atoms with Gasteiger partial charge in [-0.1, -0.05) is 12.1 Å². The van der Waals surface area contributed by atoms with Gasteiger partial charge in [0.2, 0.25) is 5.91 Å². The molecule has 1 heterocycles. The van der Waals surface area contributed by atoms with E-state index in [0.29, 0.717) is 39.4 Å². The van der Waals surface area contributed by atoms with E-state index in [1.165, 1.54) is 0 Å². The van der Waals surface area contributed by atoms with Crippen molar-refractivity contribution in [1.29, 1.82) is 0 Å². The van der Waals surface area contributed by atoms with E-state index in [1.807, 2.05) is 25.1 Å². The second-order valence-corrected chi connectivity index (χ2v) is 5.66. The SMILES string of the molecule is COCCOc1cc(C)ccc1CNC(=O)CC1COCCN1. The molecule has 128 valence electrons. The Kier molecular flexibility index (Phi) is 7.32. The van der Waals surface area contributed by atoms with Crippen LogP contribution < -0.4 is 15.4 Å². The highest BCUT2D eigenvalue weighted by molar-refractivity contribution is 5.76. The van der Waals surface area contributed by atoms with Gasteiger partial charge in [-0.15, -0.1) is 0 Å². The summed E-state index contributed by atoms with van der Waals surface area (Å²) in [6, 6.07) is 6.08. The third-order valence-electron chi connectivity index (χ3n) is 3.67. The first-order valence-electron chi connectivity index (χ1n) is 7.98. The average Bonchev–Trinajstić information content (AvgIpc) is 2.55. The van der Waals surface area contributed by atoms with Gasteiger partial charge in [0.05, 0.1) is 19.8 Å². The van der Waals surface area contributed by atoms with Crippen LogP contribution >= 0.6 is 0 Å². The predicted molar refractivity (Wildman–Crippen MR) is 87.6 cm³/mol. The van der Waals surface area contributed by atoms with Crippen LogP contribution in [0.3, 0.4) is 0 Å². The molecular formula is C17H26N2O4. The van der Waals surface area contributed by atoms with Crippen molar-refractivity contribution in [2.24, 2.45) is 0 Å². The number of methoxy groups -OCH3 is 1. The van der Waals surface area contributed by atoms with Crippen LogP contribution in [0.4, 0.5) is 0 Å². The summed E-state index contributed by atoms with van der Waals surface area (Å²) < 4.78 is 16.1. The van der Waals surface area contributed by atoms with Crippen LogP contribution in [0, 0.1) is 6.92 Å². The summed E-state index contributed by atoms with van der Waals surface area (Å²) in [5.74, 6) is 0.804. The first kappa shape index (κ1) is 17.7. The number of carbonyl (C=O) groups excluding carboxylic acids is 1. The Morgan fingerprint density at radius 2 is 2.30 bits per heavy atom. The lowest BCUT2D eigenvalue weighted by molar-refractivity contribution is -0.122. The van der Waals surface area contributed by atoms with Crippen LogP contribution in [-0.4, -0.2) is 52.0 Å². The molecule has 1 aliphatic rings. The largest absolute Gasteiger partial charge is 0.491 e. The van der Waals surface area contributed by atoms with Crippen LogP contribution in [0.25, 0.3) is 0 Å². The molecule has 1 fully saturated rings. The van der Waals surface area contributed by atoms with Crippen molar-refractivity contribution in [3.8, 4) is 5.75 Å². The molecule has 23 heavy (non-hydrogen) atoms. The van der Waals surface area contributed by atoms with Gasteiger partial charge in [-0.05, 0) is 18.6 Å².